The van der Waals surface area contributed by atoms with Crippen LogP contribution in [0, 0.1) is 0 Å². The molecule has 0 saturated carbocycles. The quantitative estimate of drug-likeness (QED) is 0.548. The van der Waals surface area contributed by atoms with Crippen molar-refractivity contribution in [1.29, 1.82) is 0 Å². The molecule has 11 nitrogen and oxygen atoms in total. The van der Waals surface area contributed by atoms with Gasteiger partial charge in [-0.2, -0.15) is 0 Å². The summed E-state index contributed by atoms with van der Waals surface area (Å²) in [4.78, 5) is 79.0. The Bertz CT molecular complexity index is 758. The van der Waals surface area contributed by atoms with E-state index in [0.717, 1.165) is 19.1 Å². The van der Waals surface area contributed by atoms with Gasteiger partial charge < -0.3 is 5.11 Å². The van der Waals surface area contributed by atoms with Gasteiger partial charge in [0.05, 0.1) is 0 Å². The van der Waals surface area contributed by atoms with Gasteiger partial charge >= 0.3 is 5.97 Å². The minimum absolute atomic E-state index is 0.134. The predicted molar refractivity (Wildman–Crippen MR) is 80.4 cm³/mol. The van der Waals surface area contributed by atoms with Crippen LogP contribution in [0.15, 0.2) is 24.3 Å². The van der Waals surface area contributed by atoms with E-state index in [-0.39, 0.29) is 24.7 Å². The van der Waals surface area contributed by atoms with Crippen molar-refractivity contribution in [3.63, 3.8) is 0 Å². The van der Waals surface area contributed by atoms with Crippen LogP contribution in [0.1, 0.15) is 19.8 Å². The normalized spacial score (nSPS) is 21.1. The van der Waals surface area contributed by atoms with Gasteiger partial charge in [-0.05, 0) is 6.92 Å². The van der Waals surface area contributed by atoms with E-state index in [2.05, 4.69) is 0 Å². The molecule has 0 radical (unpaired) electrons. The van der Waals surface area contributed by atoms with Crippen LogP contribution in [0.4, 0.5) is 0 Å². The van der Waals surface area contributed by atoms with Crippen molar-refractivity contribution < 1.29 is 38.7 Å². The largest absolute Gasteiger partial charge is 0.478 e. The lowest BCUT2D eigenvalue weighted by atomic mass is 10.1. The standard InChI is InChI=1S/C11H10N2O6.C4H3NO2/c1-11(10(18)19,12-6(14)2-3-7(12)15)13-8(16)4-5-9(13)17;6-3-1-2-4(7)5-3/h2-3H,4-5H2,1H3,(H,18,19);1-2H,(H,5,6,7). The van der Waals surface area contributed by atoms with Gasteiger partial charge in [0.15, 0.2) is 0 Å². The maximum absolute atomic E-state index is 11.7. The van der Waals surface area contributed by atoms with Gasteiger partial charge in [0.2, 0.25) is 17.5 Å². The van der Waals surface area contributed by atoms with Crippen LogP contribution in [-0.2, 0) is 33.6 Å². The number of nitrogens with one attached hydrogen (secondary N) is 1. The zero-order chi connectivity index (χ0) is 19.6. The van der Waals surface area contributed by atoms with Gasteiger partial charge in [-0.15, -0.1) is 0 Å². The second-order valence-corrected chi connectivity index (χ2v) is 5.48. The number of hydrogen-bond acceptors (Lipinski definition) is 7. The number of likely N-dealkylation sites (tertiary alicyclic amines) is 1. The molecule has 0 spiro atoms. The molecule has 3 aliphatic rings. The molecule has 3 heterocycles. The highest BCUT2D eigenvalue weighted by Crippen LogP contribution is 2.30. The van der Waals surface area contributed by atoms with Crippen LogP contribution in [0.5, 0.6) is 0 Å². The number of carboxylic acids is 1. The first-order chi connectivity index (χ1) is 12.1. The van der Waals surface area contributed by atoms with Crippen LogP contribution in [-0.4, -0.2) is 62.0 Å². The number of imide groups is 3. The van der Waals surface area contributed by atoms with Gasteiger partial charge in [-0.3, -0.25) is 34.1 Å². The highest BCUT2D eigenvalue weighted by atomic mass is 16.4. The summed E-state index contributed by atoms with van der Waals surface area (Å²) >= 11 is 0. The van der Waals surface area contributed by atoms with E-state index in [4.69, 9.17) is 0 Å². The van der Waals surface area contributed by atoms with Gasteiger partial charge in [-0.1, -0.05) is 0 Å². The number of amides is 6. The lowest BCUT2D eigenvalue weighted by molar-refractivity contribution is -0.180. The molecule has 1 unspecified atom stereocenters. The number of carbonyl (C=O) groups is 7. The number of hydrogen-bond donors (Lipinski definition) is 2. The third-order valence-electron chi connectivity index (χ3n) is 3.77. The second kappa shape index (κ2) is 6.70. The fraction of sp³-hybridized carbons (Fsp3) is 0.267. The molecule has 1 fully saturated rings. The first-order valence-corrected chi connectivity index (χ1v) is 7.27. The van der Waals surface area contributed by atoms with E-state index in [1.807, 2.05) is 5.32 Å². The van der Waals surface area contributed by atoms with E-state index in [1.54, 1.807) is 0 Å². The Morgan fingerprint density at radius 1 is 0.885 bits per heavy atom. The Balaban J connectivity index is 0.000000290. The van der Waals surface area contributed by atoms with Crippen LogP contribution >= 0.6 is 0 Å². The number of rotatable bonds is 3. The Morgan fingerprint density at radius 2 is 1.31 bits per heavy atom. The summed E-state index contributed by atoms with van der Waals surface area (Å²) in [6, 6.07) is 0. The number of carbonyl (C=O) groups excluding carboxylic acids is 6. The molecular weight excluding hydrogens is 350 g/mol. The van der Waals surface area contributed by atoms with E-state index >= 15 is 0 Å². The van der Waals surface area contributed by atoms with Gasteiger partial charge in [-0.25, -0.2) is 14.6 Å². The molecule has 3 rings (SSSR count). The molecule has 26 heavy (non-hydrogen) atoms. The maximum Gasteiger partial charge on any atom is 0.351 e. The van der Waals surface area contributed by atoms with Crippen LogP contribution in [0.2, 0.25) is 0 Å². The minimum Gasteiger partial charge on any atom is -0.478 e. The molecule has 0 aliphatic carbocycles. The Labute approximate surface area is 145 Å². The van der Waals surface area contributed by atoms with E-state index in [0.29, 0.717) is 9.80 Å². The number of carboxylic acid groups (broad SMARTS) is 1. The lowest BCUT2D eigenvalue weighted by Crippen LogP contribution is -2.66. The third-order valence-corrected chi connectivity index (χ3v) is 3.77. The van der Waals surface area contributed by atoms with Gasteiger partial charge in [0.1, 0.15) is 0 Å². The molecule has 0 aromatic rings. The Morgan fingerprint density at radius 3 is 1.62 bits per heavy atom. The predicted octanol–water partition coefficient (Wildman–Crippen LogP) is -1.94. The van der Waals surface area contributed by atoms with E-state index in [9.17, 15) is 38.7 Å². The first-order valence-electron chi connectivity index (χ1n) is 7.27. The molecule has 1 saturated heterocycles. The number of nitrogens with zero attached hydrogens (tertiary/aromatic N) is 2. The molecule has 0 aromatic carbocycles. The van der Waals surface area contributed by atoms with Crippen molar-refractivity contribution in [1.82, 2.24) is 15.1 Å². The Kier molecular flexibility index (Phi) is 4.82. The summed E-state index contributed by atoms with van der Waals surface area (Å²) in [7, 11) is 0. The fourth-order valence-electron chi connectivity index (χ4n) is 2.54. The topological polar surface area (TPSA) is 158 Å². The zero-order valence-electron chi connectivity index (χ0n) is 13.4. The zero-order valence-corrected chi connectivity index (χ0v) is 13.4. The van der Waals surface area contributed by atoms with Crippen molar-refractivity contribution >= 4 is 41.4 Å². The summed E-state index contributed by atoms with van der Waals surface area (Å²) in [6.07, 6.45) is 3.92. The fourth-order valence-corrected chi connectivity index (χ4v) is 2.54. The summed E-state index contributed by atoms with van der Waals surface area (Å²) in [6.45, 7) is 0.985. The van der Waals surface area contributed by atoms with E-state index in [1.165, 1.54) is 12.2 Å². The minimum atomic E-state index is -2.33. The van der Waals surface area contributed by atoms with Crippen molar-refractivity contribution in [3.05, 3.63) is 24.3 Å². The van der Waals surface area contributed by atoms with Crippen LogP contribution in [0.25, 0.3) is 0 Å². The molecule has 136 valence electrons. The molecule has 3 aliphatic heterocycles. The van der Waals surface area contributed by atoms with Crippen molar-refractivity contribution in [2.75, 3.05) is 0 Å². The molecule has 0 aromatic heterocycles. The van der Waals surface area contributed by atoms with Crippen LogP contribution in [0.3, 0.4) is 0 Å². The van der Waals surface area contributed by atoms with Crippen LogP contribution < -0.4 is 5.32 Å². The van der Waals surface area contributed by atoms with E-state index < -0.39 is 35.3 Å². The highest BCUT2D eigenvalue weighted by Gasteiger charge is 2.56. The van der Waals surface area contributed by atoms with Gasteiger partial charge in [0.25, 0.3) is 23.6 Å². The van der Waals surface area contributed by atoms with Crippen molar-refractivity contribution in [3.8, 4) is 0 Å². The summed E-state index contributed by atoms with van der Waals surface area (Å²) in [5.74, 6) is -5.47. The summed E-state index contributed by atoms with van der Waals surface area (Å²) in [5.41, 5.74) is -2.33. The number of aliphatic carboxylic acids is 1. The lowest BCUT2D eigenvalue weighted by Gasteiger charge is -2.39. The molecule has 2 N–H and O–H groups in total. The van der Waals surface area contributed by atoms with Gasteiger partial charge in [0, 0.05) is 37.1 Å². The average molecular weight is 363 g/mol. The second-order valence-electron chi connectivity index (χ2n) is 5.48. The SMILES string of the molecule is CC(C(=O)O)(N1C(=O)C=CC1=O)N1C(=O)CCC1=O.O=C1C=CC(=O)N1. The molecule has 0 bridgehead atoms. The van der Waals surface area contributed by atoms with Crippen molar-refractivity contribution in [2.24, 2.45) is 0 Å². The summed E-state index contributed by atoms with van der Waals surface area (Å²) in [5, 5.41) is 11.3. The highest BCUT2D eigenvalue weighted by molar-refractivity contribution is 6.17. The smallest absolute Gasteiger partial charge is 0.351 e. The van der Waals surface area contributed by atoms with Crippen molar-refractivity contribution in [2.45, 2.75) is 25.4 Å². The molecule has 6 amide bonds. The first kappa shape index (κ1) is 18.7. The monoisotopic (exact) mass is 363 g/mol. The average Bonchev–Trinajstić information content (AvgIpc) is 3.20. The molecular formula is C15H13N3O8. The third kappa shape index (κ3) is 3.14. The summed E-state index contributed by atoms with van der Waals surface area (Å²) < 4.78 is 0. The maximum atomic E-state index is 11.7. The molecule has 11 heteroatoms. The molecule has 1 atom stereocenters. The Hall–Kier alpha value is -3.63.